The minimum atomic E-state index is -4.80. The average molecular weight is 299 g/mol. The van der Waals surface area contributed by atoms with Crippen LogP contribution < -0.4 is 10.3 Å². The van der Waals surface area contributed by atoms with E-state index >= 15 is 0 Å². The first-order valence-corrected chi connectivity index (χ1v) is 5.58. The number of hydrogen-bond acceptors (Lipinski definition) is 3. The van der Waals surface area contributed by atoms with Gasteiger partial charge in [0.05, 0.1) is 5.56 Å². The fourth-order valence-corrected chi connectivity index (χ4v) is 1.66. The van der Waals surface area contributed by atoms with Crippen molar-refractivity contribution in [2.24, 2.45) is 0 Å². The molecule has 0 fully saturated rings. The summed E-state index contributed by atoms with van der Waals surface area (Å²) < 4.78 is 39.8. The number of nitrogens with one attached hydrogen (secondary N) is 1. The number of hydrogen-bond donors (Lipinski definition) is 2. The Bertz CT molecular complexity index is 719. The van der Waals surface area contributed by atoms with Crippen LogP contribution in [0.5, 0.6) is 5.75 Å². The van der Waals surface area contributed by atoms with Crippen LogP contribution in [0.4, 0.5) is 13.2 Å². The molecule has 110 valence electrons. The van der Waals surface area contributed by atoms with Crippen molar-refractivity contribution in [3.8, 4) is 16.9 Å². The van der Waals surface area contributed by atoms with Crippen LogP contribution in [0.15, 0.2) is 41.3 Å². The second-order valence-corrected chi connectivity index (χ2v) is 4.01. The van der Waals surface area contributed by atoms with Crippen molar-refractivity contribution in [3.05, 3.63) is 52.4 Å². The highest BCUT2D eigenvalue weighted by Gasteiger charge is 2.31. The first kappa shape index (κ1) is 14.6. The molecule has 0 aliphatic heterocycles. The van der Waals surface area contributed by atoms with Crippen LogP contribution in [-0.2, 0) is 0 Å². The van der Waals surface area contributed by atoms with E-state index in [1.807, 2.05) is 0 Å². The molecule has 1 heterocycles. The molecule has 0 atom stereocenters. The van der Waals surface area contributed by atoms with E-state index in [1.165, 1.54) is 12.1 Å². The number of benzene rings is 1. The molecule has 21 heavy (non-hydrogen) atoms. The van der Waals surface area contributed by atoms with Crippen LogP contribution in [0.2, 0.25) is 0 Å². The molecule has 0 unspecified atom stereocenters. The van der Waals surface area contributed by atoms with Gasteiger partial charge >= 0.3 is 12.3 Å². The quantitative estimate of drug-likeness (QED) is 0.913. The van der Waals surface area contributed by atoms with Gasteiger partial charge in [-0.3, -0.25) is 4.79 Å². The first-order valence-electron chi connectivity index (χ1n) is 5.58. The number of alkyl halides is 3. The van der Waals surface area contributed by atoms with Crippen molar-refractivity contribution in [1.29, 1.82) is 0 Å². The molecule has 1 aromatic heterocycles. The fraction of sp³-hybridized carbons (Fsp3) is 0.0769. The molecule has 0 amide bonds. The number of ether oxygens (including phenoxy) is 1. The third kappa shape index (κ3) is 3.62. The third-order valence-corrected chi connectivity index (χ3v) is 2.55. The number of pyridine rings is 1. The van der Waals surface area contributed by atoms with Crippen LogP contribution in [-0.4, -0.2) is 22.4 Å². The van der Waals surface area contributed by atoms with Gasteiger partial charge in [0.1, 0.15) is 5.75 Å². The van der Waals surface area contributed by atoms with E-state index in [1.54, 1.807) is 0 Å². The maximum atomic E-state index is 12.0. The number of aromatic nitrogens is 1. The lowest BCUT2D eigenvalue weighted by Gasteiger charge is -2.09. The number of carbonyl (C=O) groups is 1. The Balaban J connectivity index is 2.37. The Labute approximate surface area is 115 Å². The second kappa shape index (κ2) is 5.31. The number of H-pyrrole nitrogens is 1. The van der Waals surface area contributed by atoms with Gasteiger partial charge in [0.15, 0.2) is 0 Å². The maximum Gasteiger partial charge on any atom is 0.573 e. The standard InChI is InChI=1S/C13H8F3NO4/c14-13(15,16)21-9-3-1-7(2-4-9)10-5-8(12(19)20)6-17-11(10)18/h1-6H,(H,17,18)(H,19,20). The van der Waals surface area contributed by atoms with Crippen LogP contribution in [0.25, 0.3) is 11.1 Å². The predicted octanol–water partition coefficient (Wildman–Crippen LogP) is 2.64. The maximum absolute atomic E-state index is 12.0. The molecule has 0 aliphatic rings. The SMILES string of the molecule is O=C(O)c1c[nH]c(=O)c(-c2ccc(OC(F)(F)F)cc2)c1. The smallest absolute Gasteiger partial charge is 0.478 e. The molecule has 2 N–H and O–H groups in total. The molecule has 0 bridgehead atoms. The minimum Gasteiger partial charge on any atom is -0.478 e. The molecule has 0 aliphatic carbocycles. The van der Waals surface area contributed by atoms with Crippen molar-refractivity contribution in [2.75, 3.05) is 0 Å². The van der Waals surface area contributed by atoms with E-state index in [4.69, 9.17) is 5.11 Å². The predicted molar refractivity (Wildman–Crippen MR) is 66.1 cm³/mol. The zero-order chi connectivity index (χ0) is 15.6. The van der Waals surface area contributed by atoms with Gasteiger partial charge < -0.3 is 14.8 Å². The topological polar surface area (TPSA) is 79.4 Å². The van der Waals surface area contributed by atoms with Crippen LogP contribution in [0.3, 0.4) is 0 Å². The van der Waals surface area contributed by atoms with Crippen molar-refractivity contribution in [3.63, 3.8) is 0 Å². The van der Waals surface area contributed by atoms with E-state index in [0.29, 0.717) is 0 Å². The molecular weight excluding hydrogens is 291 g/mol. The minimum absolute atomic E-state index is 0.0356. The van der Waals surface area contributed by atoms with E-state index in [0.717, 1.165) is 24.4 Å². The number of carboxylic acids is 1. The van der Waals surface area contributed by atoms with Gasteiger partial charge in [-0.25, -0.2) is 4.79 Å². The second-order valence-electron chi connectivity index (χ2n) is 4.01. The van der Waals surface area contributed by atoms with Crippen molar-refractivity contribution >= 4 is 5.97 Å². The summed E-state index contributed by atoms with van der Waals surface area (Å²) in [5.74, 6) is -1.67. The highest BCUT2D eigenvalue weighted by molar-refractivity contribution is 5.88. The fourth-order valence-electron chi connectivity index (χ4n) is 1.66. The van der Waals surface area contributed by atoms with E-state index in [-0.39, 0.29) is 16.7 Å². The van der Waals surface area contributed by atoms with Gasteiger partial charge in [-0.15, -0.1) is 13.2 Å². The summed E-state index contributed by atoms with van der Waals surface area (Å²) in [7, 11) is 0. The summed E-state index contributed by atoms with van der Waals surface area (Å²) in [5, 5.41) is 8.85. The van der Waals surface area contributed by atoms with Crippen LogP contribution >= 0.6 is 0 Å². The molecule has 0 spiro atoms. The summed E-state index contributed by atoms with van der Waals surface area (Å²) in [5.41, 5.74) is -0.382. The lowest BCUT2D eigenvalue weighted by molar-refractivity contribution is -0.274. The summed E-state index contributed by atoms with van der Waals surface area (Å²) in [4.78, 5) is 24.7. The number of carboxylic acid groups (broad SMARTS) is 1. The van der Waals surface area contributed by atoms with Crippen LogP contribution in [0, 0.1) is 0 Å². The molecular formula is C13H8F3NO4. The zero-order valence-electron chi connectivity index (χ0n) is 10.3. The summed E-state index contributed by atoms with van der Waals surface area (Å²) in [6, 6.07) is 5.68. The molecule has 2 rings (SSSR count). The molecule has 0 saturated heterocycles. The number of aromatic carboxylic acids is 1. The number of halogens is 3. The average Bonchev–Trinajstić information content (AvgIpc) is 2.38. The van der Waals surface area contributed by atoms with Crippen molar-refractivity contribution in [1.82, 2.24) is 4.98 Å². The summed E-state index contributed by atoms with van der Waals surface area (Å²) in [6.07, 6.45) is -3.77. The lowest BCUT2D eigenvalue weighted by Crippen LogP contribution is -2.17. The monoisotopic (exact) mass is 299 g/mol. The van der Waals surface area contributed by atoms with E-state index in [9.17, 15) is 22.8 Å². The van der Waals surface area contributed by atoms with Crippen molar-refractivity contribution in [2.45, 2.75) is 6.36 Å². The molecule has 1 aromatic carbocycles. The van der Waals surface area contributed by atoms with Gasteiger partial charge in [0, 0.05) is 11.8 Å². The Morgan fingerprint density at radius 2 is 1.81 bits per heavy atom. The Hall–Kier alpha value is -2.77. The van der Waals surface area contributed by atoms with Gasteiger partial charge in [0.2, 0.25) is 0 Å². The van der Waals surface area contributed by atoms with E-state index in [2.05, 4.69) is 9.72 Å². The number of rotatable bonds is 3. The molecule has 8 heteroatoms. The zero-order valence-corrected chi connectivity index (χ0v) is 10.3. The third-order valence-electron chi connectivity index (χ3n) is 2.55. The molecule has 5 nitrogen and oxygen atoms in total. The van der Waals surface area contributed by atoms with Crippen molar-refractivity contribution < 1.29 is 27.8 Å². The van der Waals surface area contributed by atoms with Gasteiger partial charge in [-0.05, 0) is 23.8 Å². The largest absolute Gasteiger partial charge is 0.573 e. The highest BCUT2D eigenvalue weighted by atomic mass is 19.4. The summed E-state index contributed by atoms with van der Waals surface area (Å²) in [6.45, 7) is 0. The molecule has 0 saturated carbocycles. The van der Waals surface area contributed by atoms with Gasteiger partial charge in [-0.1, -0.05) is 12.1 Å². The molecule has 0 radical (unpaired) electrons. The van der Waals surface area contributed by atoms with Gasteiger partial charge in [-0.2, -0.15) is 0 Å². The normalized spacial score (nSPS) is 11.2. The lowest BCUT2D eigenvalue weighted by atomic mass is 10.1. The Morgan fingerprint density at radius 3 is 2.33 bits per heavy atom. The van der Waals surface area contributed by atoms with Crippen LogP contribution in [0.1, 0.15) is 10.4 Å². The number of aromatic amines is 1. The Kier molecular flexibility index (Phi) is 3.70. The Morgan fingerprint density at radius 1 is 1.19 bits per heavy atom. The summed E-state index contributed by atoms with van der Waals surface area (Å²) >= 11 is 0. The highest BCUT2D eigenvalue weighted by Crippen LogP contribution is 2.25. The van der Waals surface area contributed by atoms with E-state index < -0.39 is 23.6 Å². The first-order chi connectivity index (χ1) is 9.76. The van der Waals surface area contributed by atoms with Gasteiger partial charge in [0.25, 0.3) is 5.56 Å². The molecule has 2 aromatic rings.